The highest BCUT2D eigenvalue weighted by Gasteiger charge is 2.39. The minimum atomic E-state index is -0.153. The predicted molar refractivity (Wildman–Crippen MR) is 89.0 cm³/mol. The summed E-state index contributed by atoms with van der Waals surface area (Å²) in [5.41, 5.74) is 1.90. The molecule has 2 aromatic rings. The Morgan fingerprint density at radius 1 is 1.30 bits per heavy atom. The van der Waals surface area contributed by atoms with Crippen molar-refractivity contribution in [3.63, 3.8) is 0 Å². The Morgan fingerprint density at radius 3 is 2.91 bits per heavy atom. The molecule has 4 heteroatoms. The van der Waals surface area contributed by atoms with Crippen LogP contribution in [0.3, 0.4) is 0 Å². The van der Waals surface area contributed by atoms with Crippen molar-refractivity contribution in [3.05, 3.63) is 65.7 Å². The van der Waals surface area contributed by atoms with Gasteiger partial charge in [-0.3, -0.25) is 9.88 Å². The average Bonchev–Trinajstić information content (AvgIpc) is 2.57. The molecule has 2 atom stereocenters. The molecule has 1 N–H and O–H groups in total. The van der Waals surface area contributed by atoms with Crippen LogP contribution in [-0.4, -0.2) is 29.0 Å². The molecule has 3 nitrogen and oxygen atoms in total. The average molecular weight is 309 g/mol. The topological polar surface area (TPSA) is 28.2 Å². The van der Waals surface area contributed by atoms with Crippen LogP contribution in [0.2, 0.25) is 0 Å². The van der Waals surface area contributed by atoms with Gasteiger partial charge < -0.3 is 5.32 Å². The van der Waals surface area contributed by atoms with Crippen molar-refractivity contribution in [2.45, 2.75) is 25.0 Å². The van der Waals surface area contributed by atoms with E-state index < -0.39 is 0 Å². The van der Waals surface area contributed by atoms with Crippen molar-refractivity contribution in [2.24, 2.45) is 0 Å². The molecule has 0 aliphatic carbocycles. The lowest BCUT2D eigenvalue weighted by Gasteiger charge is -2.49. The summed E-state index contributed by atoms with van der Waals surface area (Å²) >= 11 is 0. The van der Waals surface area contributed by atoms with Crippen LogP contribution in [0.25, 0.3) is 0 Å². The molecular weight excluding hydrogens is 289 g/mol. The molecule has 0 spiro atoms. The fourth-order valence-corrected chi connectivity index (χ4v) is 3.12. The lowest BCUT2D eigenvalue weighted by atomic mass is 9.87. The van der Waals surface area contributed by atoms with Crippen LogP contribution in [0, 0.1) is 18.2 Å². The van der Waals surface area contributed by atoms with Gasteiger partial charge in [0.1, 0.15) is 5.82 Å². The van der Waals surface area contributed by atoms with E-state index in [1.807, 2.05) is 24.4 Å². The van der Waals surface area contributed by atoms with Crippen LogP contribution in [-0.2, 0) is 6.54 Å². The molecule has 1 aromatic heterocycles. The van der Waals surface area contributed by atoms with Gasteiger partial charge in [-0.05, 0) is 24.1 Å². The summed E-state index contributed by atoms with van der Waals surface area (Å²) in [5, 5.41) is 3.25. The highest BCUT2D eigenvalue weighted by Crippen LogP contribution is 2.39. The Morgan fingerprint density at radius 2 is 2.17 bits per heavy atom. The molecule has 0 saturated carbocycles. The Hall–Kier alpha value is -2.22. The summed E-state index contributed by atoms with van der Waals surface area (Å²) in [7, 11) is 0. The van der Waals surface area contributed by atoms with E-state index in [9.17, 15) is 4.39 Å². The van der Waals surface area contributed by atoms with Crippen LogP contribution in [0.1, 0.15) is 23.6 Å². The van der Waals surface area contributed by atoms with E-state index in [-0.39, 0.29) is 11.9 Å². The summed E-state index contributed by atoms with van der Waals surface area (Å²) in [4.78, 5) is 6.52. The van der Waals surface area contributed by atoms with Gasteiger partial charge in [0.05, 0.1) is 6.54 Å². The number of terminal acetylenes is 1. The summed E-state index contributed by atoms with van der Waals surface area (Å²) in [6, 6.07) is 11.6. The summed E-state index contributed by atoms with van der Waals surface area (Å²) in [6.07, 6.45) is 9.98. The van der Waals surface area contributed by atoms with E-state index in [0.29, 0.717) is 19.1 Å². The van der Waals surface area contributed by atoms with E-state index in [1.54, 1.807) is 12.3 Å². The molecule has 1 saturated heterocycles. The maximum atomic E-state index is 14.0. The first-order valence-electron chi connectivity index (χ1n) is 7.83. The quantitative estimate of drug-likeness (QED) is 0.657. The maximum Gasteiger partial charge on any atom is 0.127 e. The Kier molecular flexibility index (Phi) is 5.02. The summed E-state index contributed by atoms with van der Waals surface area (Å²) < 4.78 is 14.0. The summed E-state index contributed by atoms with van der Waals surface area (Å²) in [6.45, 7) is 1.96. The van der Waals surface area contributed by atoms with E-state index in [0.717, 1.165) is 18.5 Å². The van der Waals surface area contributed by atoms with Gasteiger partial charge in [-0.15, -0.1) is 6.42 Å². The Bertz CT molecular complexity index is 681. The number of hydrogen-bond acceptors (Lipinski definition) is 3. The van der Waals surface area contributed by atoms with Crippen molar-refractivity contribution in [1.82, 2.24) is 15.2 Å². The second-order valence-electron chi connectivity index (χ2n) is 5.79. The van der Waals surface area contributed by atoms with Crippen molar-refractivity contribution in [3.8, 4) is 12.3 Å². The number of halogens is 1. The van der Waals surface area contributed by atoms with Gasteiger partial charge >= 0.3 is 0 Å². The monoisotopic (exact) mass is 309 g/mol. The normalized spacial score (nSPS) is 20.7. The molecule has 1 aromatic carbocycles. The van der Waals surface area contributed by atoms with Crippen LogP contribution >= 0.6 is 0 Å². The first-order chi connectivity index (χ1) is 11.3. The molecule has 0 radical (unpaired) electrons. The van der Waals surface area contributed by atoms with Crippen molar-refractivity contribution in [1.29, 1.82) is 0 Å². The van der Waals surface area contributed by atoms with Crippen molar-refractivity contribution < 1.29 is 4.39 Å². The predicted octanol–water partition coefficient (Wildman–Crippen LogP) is 2.76. The zero-order valence-corrected chi connectivity index (χ0v) is 13.0. The van der Waals surface area contributed by atoms with E-state index >= 15 is 0 Å². The number of pyridine rings is 1. The second-order valence-corrected chi connectivity index (χ2v) is 5.79. The minimum absolute atomic E-state index is 0.153. The van der Waals surface area contributed by atoms with Crippen LogP contribution in [0.15, 0.2) is 48.8 Å². The number of likely N-dealkylation sites (tertiary alicyclic amines) is 1. The molecule has 0 amide bonds. The largest absolute Gasteiger partial charge is 0.305 e. The number of rotatable bonds is 6. The fraction of sp³-hybridized carbons (Fsp3) is 0.316. The van der Waals surface area contributed by atoms with E-state index in [1.165, 1.54) is 11.6 Å². The third-order valence-corrected chi connectivity index (χ3v) is 4.35. The van der Waals surface area contributed by atoms with Gasteiger partial charge in [0.15, 0.2) is 0 Å². The van der Waals surface area contributed by atoms with Crippen LogP contribution < -0.4 is 5.32 Å². The third kappa shape index (κ3) is 3.58. The van der Waals surface area contributed by atoms with Crippen molar-refractivity contribution >= 4 is 0 Å². The highest BCUT2D eigenvalue weighted by molar-refractivity contribution is 5.22. The van der Waals surface area contributed by atoms with Crippen LogP contribution in [0.5, 0.6) is 0 Å². The molecule has 1 fully saturated rings. The van der Waals surface area contributed by atoms with Gasteiger partial charge in [-0.25, -0.2) is 4.39 Å². The number of nitrogens with zero attached hydrogens (tertiary/aromatic N) is 2. The van der Waals surface area contributed by atoms with E-state index in [4.69, 9.17) is 6.42 Å². The smallest absolute Gasteiger partial charge is 0.127 e. The minimum Gasteiger partial charge on any atom is -0.305 e. The van der Waals surface area contributed by atoms with Gasteiger partial charge in [0.2, 0.25) is 0 Å². The fourth-order valence-electron chi connectivity index (χ4n) is 3.12. The zero-order valence-electron chi connectivity index (χ0n) is 13.0. The molecule has 1 aliphatic rings. The van der Waals surface area contributed by atoms with Gasteiger partial charge in [-0.2, -0.15) is 0 Å². The number of benzene rings is 1. The first-order valence-corrected chi connectivity index (χ1v) is 7.83. The summed E-state index contributed by atoms with van der Waals surface area (Å²) in [5.74, 6) is 2.44. The zero-order chi connectivity index (χ0) is 16.1. The molecule has 3 rings (SSSR count). The second kappa shape index (κ2) is 7.36. The van der Waals surface area contributed by atoms with Gasteiger partial charge in [0, 0.05) is 43.1 Å². The SMILES string of the molecule is C#CCNCC1CC(c2cccnc2)N1Cc1ccccc1F. The van der Waals surface area contributed by atoms with Crippen LogP contribution in [0.4, 0.5) is 4.39 Å². The highest BCUT2D eigenvalue weighted by atomic mass is 19.1. The molecule has 118 valence electrons. The third-order valence-electron chi connectivity index (χ3n) is 4.35. The van der Waals surface area contributed by atoms with Gasteiger partial charge in [0.25, 0.3) is 0 Å². The molecule has 2 unspecified atom stereocenters. The molecule has 1 aliphatic heterocycles. The molecular formula is C19H20FN3. The maximum absolute atomic E-state index is 14.0. The molecule has 0 bridgehead atoms. The Labute approximate surface area is 136 Å². The Balaban J connectivity index is 1.74. The first kappa shape index (κ1) is 15.7. The number of hydrogen-bond donors (Lipinski definition) is 1. The lowest BCUT2D eigenvalue weighted by Crippen LogP contribution is -2.54. The number of aromatic nitrogens is 1. The lowest BCUT2D eigenvalue weighted by molar-refractivity contribution is 0.00525. The van der Waals surface area contributed by atoms with Gasteiger partial charge in [-0.1, -0.05) is 30.2 Å². The molecule has 2 heterocycles. The standard InChI is InChI=1S/C19H20FN3/c1-2-9-21-13-17-11-19(15-7-5-10-22-12-15)23(17)14-16-6-3-4-8-18(16)20/h1,3-8,10,12,17,19,21H,9,11,13-14H2. The van der Waals surface area contributed by atoms with E-state index in [2.05, 4.69) is 27.2 Å². The van der Waals surface area contributed by atoms with Crippen molar-refractivity contribution in [2.75, 3.05) is 13.1 Å². The molecule has 23 heavy (non-hydrogen) atoms. The number of nitrogens with one attached hydrogen (secondary N) is 1.